The van der Waals surface area contributed by atoms with Crippen molar-refractivity contribution in [1.82, 2.24) is 20.5 Å². The predicted molar refractivity (Wildman–Crippen MR) is 61.1 cm³/mol. The van der Waals surface area contributed by atoms with Crippen LogP contribution in [-0.4, -0.2) is 52.6 Å². The van der Waals surface area contributed by atoms with Gasteiger partial charge in [0, 0.05) is 32.3 Å². The molecule has 0 amide bonds. The van der Waals surface area contributed by atoms with Gasteiger partial charge < -0.3 is 21.1 Å². The van der Waals surface area contributed by atoms with Crippen molar-refractivity contribution in [3.05, 3.63) is 0 Å². The smallest absolute Gasteiger partial charge is 0.246 e. The zero-order valence-corrected chi connectivity index (χ0v) is 9.19. The predicted octanol–water partition coefficient (Wildman–Crippen LogP) is -1.06. The molecule has 7 heteroatoms. The van der Waals surface area contributed by atoms with Gasteiger partial charge in [-0.1, -0.05) is 0 Å². The number of aromatic nitrogens is 3. The van der Waals surface area contributed by atoms with Crippen LogP contribution in [0.15, 0.2) is 0 Å². The third-order valence-electron chi connectivity index (χ3n) is 2.74. The maximum atomic E-state index is 8.80. The Kier molecular flexibility index (Phi) is 3.58. The number of piperazine rings is 1. The highest BCUT2D eigenvalue weighted by Crippen LogP contribution is 2.12. The Balaban J connectivity index is 1.91. The van der Waals surface area contributed by atoms with Crippen LogP contribution in [0.5, 0.6) is 0 Å². The lowest BCUT2D eigenvalue weighted by Crippen LogP contribution is -2.51. The lowest BCUT2D eigenvalue weighted by atomic mass is 10.1. The number of H-pyrrole nitrogens is 1. The van der Waals surface area contributed by atoms with Crippen LogP contribution in [0.4, 0.5) is 11.9 Å². The fraction of sp³-hybridized carbons (Fsp3) is 0.778. The van der Waals surface area contributed by atoms with Crippen LogP contribution >= 0.6 is 0 Å². The molecule has 5 N–H and O–H groups in total. The van der Waals surface area contributed by atoms with E-state index in [0.717, 1.165) is 32.5 Å². The maximum Gasteiger partial charge on any atom is 0.246 e. The third-order valence-corrected chi connectivity index (χ3v) is 2.74. The van der Waals surface area contributed by atoms with E-state index in [0.29, 0.717) is 17.9 Å². The molecule has 2 rings (SSSR count). The Morgan fingerprint density at radius 3 is 3.12 bits per heavy atom. The van der Waals surface area contributed by atoms with E-state index in [1.54, 1.807) is 0 Å². The summed E-state index contributed by atoms with van der Waals surface area (Å²) in [5.74, 6) is 1.01. The van der Waals surface area contributed by atoms with E-state index < -0.39 is 0 Å². The summed E-state index contributed by atoms with van der Waals surface area (Å²) in [7, 11) is 0. The van der Waals surface area contributed by atoms with Gasteiger partial charge in [-0.25, -0.2) is 5.10 Å². The first-order valence-corrected chi connectivity index (χ1v) is 5.56. The first kappa shape index (κ1) is 11.2. The van der Waals surface area contributed by atoms with Gasteiger partial charge in [0.2, 0.25) is 11.9 Å². The van der Waals surface area contributed by atoms with E-state index in [4.69, 9.17) is 10.8 Å². The maximum absolute atomic E-state index is 8.80. The Labute approximate surface area is 94.0 Å². The van der Waals surface area contributed by atoms with Crippen molar-refractivity contribution >= 4 is 11.9 Å². The largest absolute Gasteiger partial charge is 0.396 e. The summed E-state index contributed by atoms with van der Waals surface area (Å²) in [6, 6.07) is 0.389. The fourth-order valence-corrected chi connectivity index (χ4v) is 1.94. The number of aliphatic hydroxyl groups excluding tert-OH is 1. The topological polar surface area (TPSA) is 103 Å². The van der Waals surface area contributed by atoms with Gasteiger partial charge >= 0.3 is 0 Å². The summed E-state index contributed by atoms with van der Waals surface area (Å²) in [5.41, 5.74) is 5.50. The van der Waals surface area contributed by atoms with Crippen LogP contribution in [0.3, 0.4) is 0 Å². The summed E-state index contributed by atoms with van der Waals surface area (Å²) < 4.78 is 0. The molecule has 1 aliphatic rings. The molecule has 1 unspecified atom stereocenters. The number of rotatable bonds is 4. The lowest BCUT2D eigenvalue weighted by molar-refractivity contribution is 0.272. The second kappa shape index (κ2) is 5.13. The molecular weight excluding hydrogens is 208 g/mol. The van der Waals surface area contributed by atoms with E-state index in [9.17, 15) is 0 Å². The van der Waals surface area contributed by atoms with Crippen LogP contribution < -0.4 is 16.0 Å². The summed E-state index contributed by atoms with van der Waals surface area (Å²) in [5, 5.41) is 18.9. The van der Waals surface area contributed by atoms with E-state index in [1.807, 2.05) is 0 Å². The minimum atomic E-state index is 0.242. The van der Waals surface area contributed by atoms with E-state index in [2.05, 4.69) is 25.4 Å². The molecule has 1 aromatic rings. The Bertz CT molecular complexity index is 328. The molecule has 1 aliphatic heterocycles. The Morgan fingerprint density at radius 2 is 2.44 bits per heavy atom. The number of hydrogen-bond acceptors (Lipinski definition) is 6. The average molecular weight is 226 g/mol. The molecule has 1 fully saturated rings. The van der Waals surface area contributed by atoms with Gasteiger partial charge in [0.15, 0.2) is 0 Å². The van der Waals surface area contributed by atoms with E-state index >= 15 is 0 Å². The molecule has 16 heavy (non-hydrogen) atoms. The van der Waals surface area contributed by atoms with Crippen molar-refractivity contribution in [2.75, 3.05) is 36.9 Å². The van der Waals surface area contributed by atoms with E-state index in [1.165, 1.54) is 0 Å². The summed E-state index contributed by atoms with van der Waals surface area (Å²) >= 11 is 0. The lowest BCUT2D eigenvalue weighted by Gasteiger charge is -2.32. The molecule has 90 valence electrons. The van der Waals surface area contributed by atoms with Crippen LogP contribution in [0.2, 0.25) is 0 Å². The summed E-state index contributed by atoms with van der Waals surface area (Å²) in [6.07, 6.45) is 1.79. The van der Waals surface area contributed by atoms with Crippen molar-refractivity contribution in [3.63, 3.8) is 0 Å². The second-order valence-corrected chi connectivity index (χ2v) is 3.98. The molecule has 0 radical (unpaired) electrons. The standard InChI is InChI=1S/C9H18N6O/c10-8-12-9(14-13-8)15-4-3-11-7(6-15)2-1-5-16/h7,11,16H,1-6H2,(H3,10,12,13,14). The number of anilines is 2. The third kappa shape index (κ3) is 2.61. The Hall–Kier alpha value is -1.34. The molecule has 2 heterocycles. The molecule has 0 saturated carbocycles. The monoisotopic (exact) mass is 226 g/mol. The van der Waals surface area contributed by atoms with Gasteiger partial charge in [0.25, 0.3) is 0 Å². The number of nitrogen functional groups attached to an aromatic ring is 1. The highest BCUT2D eigenvalue weighted by molar-refractivity contribution is 5.34. The highest BCUT2D eigenvalue weighted by Gasteiger charge is 2.21. The molecule has 0 aliphatic carbocycles. The normalized spacial score (nSPS) is 21.3. The number of hydrogen-bond donors (Lipinski definition) is 4. The van der Waals surface area contributed by atoms with Gasteiger partial charge in [-0.15, -0.1) is 5.10 Å². The number of aliphatic hydroxyl groups is 1. The van der Waals surface area contributed by atoms with Crippen molar-refractivity contribution in [2.24, 2.45) is 0 Å². The Morgan fingerprint density at radius 1 is 1.56 bits per heavy atom. The van der Waals surface area contributed by atoms with Crippen LogP contribution in [0.1, 0.15) is 12.8 Å². The molecule has 7 nitrogen and oxygen atoms in total. The number of nitrogens with one attached hydrogen (secondary N) is 2. The molecule has 0 bridgehead atoms. The molecule has 1 atom stereocenters. The van der Waals surface area contributed by atoms with Gasteiger partial charge in [-0.3, -0.25) is 0 Å². The van der Waals surface area contributed by atoms with Crippen LogP contribution in [0.25, 0.3) is 0 Å². The number of nitrogens with zero attached hydrogens (tertiary/aromatic N) is 3. The van der Waals surface area contributed by atoms with Crippen LogP contribution in [0, 0.1) is 0 Å². The van der Waals surface area contributed by atoms with Crippen molar-refractivity contribution < 1.29 is 5.11 Å². The molecular formula is C9H18N6O. The second-order valence-electron chi connectivity index (χ2n) is 3.98. The molecule has 0 spiro atoms. The minimum Gasteiger partial charge on any atom is -0.396 e. The van der Waals surface area contributed by atoms with E-state index in [-0.39, 0.29) is 6.61 Å². The number of aromatic amines is 1. The van der Waals surface area contributed by atoms with Gasteiger partial charge in [-0.05, 0) is 12.8 Å². The average Bonchev–Trinajstić information content (AvgIpc) is 2.74. The van der Waals surface area contributed by atoms with Crippen molar-refractivity contribution in [1.29, 1.82) is 0 Å². The summed E-state index contributed by atoms with van der Waals surface area (Å²) in [6.45, 7) is 2.89. The van der Waals surface area contributed by atoms with Gasteiger partial charge in [0.05, 0.1) is 0 Å². The first-order valence-electron chi connectivity index (χ1n) is 5.56. The molecule has 1 aromatic heterocycles. The van der Waals surface area contributed by atoms with Crippen molar-refractivity contribution in [2.45, 2.75) is 18.9 Å². The molecule has 1 saturated heterocycles. The van der Waals surface area contributed by atoms with Gasteiger partial charge in [0.1, 0.15) is 0 Å². The highest BCUT2D eigenvalue weighted by atomic mass is 16.2. The fourth-order valence-electron chi connectivity index (χ4n) is 1.94. The number of nitrogens with two attached hydrogens (primary N) is 1. The zero-order chi connectivity index (χ0) is 11.4. The SMILES string of the molecule is Nc1nc(N2CCNC(CCCO)C2)n[nH]1. The first-order chi connectivity index (χ1) is 7.79. The summed E-state index contributed by atoms with van der Waals surface area (Å²) in [4.78, 5) is 6.21. The van der Waals surface area contributed by atoms with Gasteiger partial charge in [-0.2, -0.15) is 4.98 Å². The van der Waals surface area contributed by atoms with Crippen LogP contribution in [-0.2, 0) is 0 Å². The quantitative estimate of drug-likeness (QED) is 0.522. The zero-order valence-electron chi connectivity index (χ0n) is 9.19. The van der Waals surface area contributed by atoms with Crippen molar-refractivity contribution in [3.8, 4) is 0 Å². The minimum absolute atomic E-state index is 0.242. The molecule has 0 aromatic carbocycles.